The Balaban J connectivity index is 0. The maximum Gasteiger partial charge on any atom is 2.00 e. The fourth-order valence-corrected chi connectivity index (χ4v) is 0.246. The minimum absolute atomic E-state index is 0. The molecule has 0 unspecified atom stereocenters. The largest absolute Gasteiger partial charge is 2.00 e. The predicted molar refractivity (Wildman–Crippen MR) is 23.8 cm³/mol. The van der Waals surface area contributed by atoms with Crippen LogP contribution < -0.4 is 10.2 Å². The number of hydrogen-bond acceptors (Lipinski definition) is 4. The average molecular weight is 193 g/mol. The molecule has 0 fully saturated rings. The van der Waals surface area contributed by atoms with E-state index >= 15 is 0 Å². The van der Waals surface area contributed by atoms with Gasteiger partial charge in [0.15, 0.2) is 0 Å². The van der Waals surface area contributed by atoms with Crippen LogP contribution in [0.15, 0.2) is 12.2 Å². The Hall–Kier alpha value is -0.697. The molecule has 0 aliphatic carbocycles. The van der Waals surface area contributed by atoms with E-state index in [1.807, 2.05) is 0 Å². The third-order valence-corrected chi connectivity index (χ3v) is 0.646. The van der Waals surface area contributed by atoms with Crippen LogP contribution in [0.1, 0.15) is 6.42 Å². The summed E-state index contributed by atoms with van der Waals surface area (Å²) >= 11 is 0. The van der Waals surface area contributed by atoms with Crippen LogP contribution in [0.2, 0.25) is 0 Å². The molecular formula is C5H4O4Zn. The topological polar surface area (TPSA) is 80.3 Å². The maximum absolute atomic E-state index is 9.73. The number of rotatable bonds is 3. The first-order valence-electron chi connectivity index (χ1n) is 2.13. The molecule has 0 aromatic carbocycles. The van der Waals surface area contributed by atoms with Gasteiger partial charge in [-0.3, -0.25) is 0 Å². The summed E-state index contributed by atoms with van der Waals surface area (Å²) in [6.45, 7) is 2.91. The van der Waals surface area contributed by atoms with Crippen molar-refractivity contribution in [1.82, 2.24) is 0 Å². The Morgan fingerprint density at radius 2 is 1.70 bits per heavy atom. The van der Waals surface area contributed by atoms with E-state index < -0.39 is 23.9 Å². The molecule has 0 atom stereocenters. The smallest absolute Gasteiger partial charge is 0.550 e. The van der Waals surface area contributed by atoms with Crippen molar-refractivity contribution in [2.45, 2.75) is 6.42 Å². The minimum Gasteiger partial charge on any atom is -0.550 e. The summed E-state index contributed by atoms with van der Waals surface area (Å²) in [6.07, 6.45) is -0.678. The van der Waals surface area contributed by atoms with E-state index in [0.717, 1.165) is 0 Å². The zero-order valence-corrected chi connectivity index (χ0v) is 8.22. The van der Waals surface area contributed by atoms with Gasteiger partial charge in [-0.25, -0.2) is 0 Å². The summed E-state index contributed by atoms with van der Waals surface area (Å²) in [7, 11) is 0. The fourth-order valence-electron chi connectivity index (χ4n) is 0.246. The van der Waals surface area contributed by atoms with Gasteiger partial charge in [-0.2, -0.15) is 0 Å². The van der Waals surface area contributed by atoms with E-state index in [1.165, 1.54) is 0 Å². The van der Waals surface area contributed by atoms with Gasteiger partial charge in [-0.15, -0.1) is 0 Å². The average Bonchev–Trinajstić information content (AvgIpc) is 1.63. The second-order valence-electron chi connectivity index (χ2n) is 1.44. The third kappa shape index (κ3) is 5.44. The van der Waals surface area contributed by atoms with Crippen molar-refractivity contribution in [3.8, 4) is 0 Å². The van der Waals surface area contributed by atoms with E-state index in [-0.39, 0.29) is 19.5 Å². The van der Waals surface area contributed by atoms with Gasteiger partial charge >= 0.3 is 19.5 Å². The molecule has 0 saturated heterocycles. The number of carboxylic acid groups (broad SMARTS) is 2. The van der Waals surface area contributed by atoms with Gasteiger partial charge in [-0.1, -0.05) is 6.58 Å². The fraction of sp³-hybridized carbons (Fsp3) is 0.200. The van der Waals surface area contributed by atoms with Crippen LogP contribution in [-0.4, -0.2) is 11.9 Å². The van der Waals surface area contributed by atoms with Crippen LogP contribution in [0.3, 0.4) is 0 Å². The standard InChI is InChI=1S/C5H6O4.Zn/c1-3(5(8)9)2-4(6)7;/h1-2H2,(H,6,7)(H,8,9);/q;+2/p-2. The van der Waals surface area contributed by atoms with Gasteiger partial charge in [0.05, 0.1) is 5.97 Å². The van der Waals surface area contributed by atoms with E-state index in [1.54, 1.807) is 0 Å². The Bertz CT molecular complexity index is 163. The first-order chi connectivity index (χ1) is 4.04. The van der Waals surface area contributed by atoms with E-state index in [4.69, 9.17) is 0 Å². The van der Waals surface area contributed by atoms with Crippen molar-refractivity contribution in [3.63, 3.8) is 0 Å². The molecule has 0 aromatic heterocycles. The quantitative estimate of drug-likeness (QED) is 0.364. The van der Waals surface area contributed by atoms with Gasteiger partial charge in [-0.05, 0) is 5.57 Å². The molecule has 0 rings (SSSR count). The summed E-state index contributed by atoms with van der Waals surface area (Å²) in [5, 5.41) is 19.4. The number of carbonyl (C=O) groups is 2. The van der Waals surface area contributed by atoms with Crippen molar-refractivity contribution in [1.29, 1.82) is 0 Å². The summed E-state index contributed by atoms with van der Waals surface area (Å²) in [5.74, 6) is -3.02. The molecule has 0 amide bonds. The number of hydrogen-bond donors (Lipinski definition) is 0. The van der Waals surface area contributed by atoms with Gasteiger partial charge in [0, 0.05) is 12.4 Å². The Morgan fingerprint density at radius 3 is 1.80 bits per heavy atom. The van der Waals surface area contributed by atoms with Gasteiger partial charge in [0.1, 0.15) is 0 Å². The van der Waals surface area contributed by atoms with Crippen molar-refractivity contribution in [2.75, 3.05) is 0 Å². The molecule has 10 heavy (non-hydrogen) atoms. The number of aliphatic carboxylic acids is 2. The normalized spacial score (nSPS) is 7.60. The van der Waals surface area contributed by atoms with Crippen LogP contribution in [-0.2, 0) is 29.1 Å². The molecule has 0 aliphatic heterocycles. The Kier molecular flexibility index (Phi) is 6.15. The predicted octanol–water partition coefficient (Wildman–Crippen LogP) is -2.57. The van der Waals surface area contributed by atoms with E-state index in [0.29, 0.717) is 0 Å². The van der Waals surface area contributed by atoms with Gasteiger partial charge in [0.25, 0.3) is 0 Å². The number of carbonyl (C=O) groups excluding carboxylic acids is 2. The summed E-state index contributed by atoms with van der Waals surface area (Å²) in [6, 6.07) is 0. The van der Waals surface area contributed by atoms with Gasteiger partial charge < -0.3 is 19.8 Å². The van der Waals surface area contributed by atoms with Crippen molar-refractivity contribution >= 4 is 11.9 Å². The van der Waals surface area contributed by atoms with Gasteiger partial charge in [0.2, 0.25) is 0 Å². The third-order valence-electron chi connectivity index (χ3n) is 0.646. The van der Waals surface area contributed by atoms with Crippen LogP contribution in [0, 0.1) is 0 Å². The molecule has 0 radical (unpaired) electrons. The summed E-state index contributed by atoms with van der Waals surface area (Å²) in [5.41, 5.74) is -0.477. The Labute approximate surface area is 70.3 Å². The molecule has 0 saturated carbocycles. The first kappa shape index (κ1) is 12.0. The monoisotopic (exact) mass is 192 g/mol. The molecule has 50 valence electrons. The SMILES string of the molecule is C=C(CC(=O)[O-])C(=O)[O-].[Zn+2]. The Morgan fingerprint density at radius 1 is 1.30 bits per heavy atom. The second-order valence-corrected chi connectivity index (χ2v) is 1.44. The van der Waals surface area contributed by atoms with Crippen molar-refractivity contribution < 1.29 is 39.3 Å². The van der Waals surface area contributed by atoms with Crippen LogP contribution in [0.4, 0.5) is 0 Å². The first-order valence-corrected chi connectivity index (χ1v) is 2.13. The molecule has 0 spiro atoms. The summed E-state index contributed by atoms with van der Waals surface area (Å²) < 4.78 is 0. The molecule has 0 bridgehead atoms. The summed E-state index contributed by atoms with van der Waals surface area (Å²) in [4.78, 5) is 19.4. The second kappa shape index (κ2) is 5.12. The van der Waals surface area contributed by atoms with Crippen LogP contribution >= 0.6 is 0 Å². The molecule has 5 heteroatoms. The zero-order chi connectivity index (χ0) is 7.44. The zero-order valence-electron chi connectivity index (χ0n) is 5.25. The minimum atomic E-state index is -1.56. The molecule has 0 N–H and O–H groups in total. The van der Waals surface area contributed by atoms with E-state index in [2.05, 4.69) is 6.58 Å². The van der Waals surface area contributed by atoms with Crippen LogP contribution in [0.25, 0.3) is 0 Å². The number of carboxylic acids is 2. The van der Waals surface area contributed by atoms with Crippen LogP contribution in [0.5, 0.6) is 0 Å². The van der Waals surface area contributed by atoms with Crippen molar-refractivity contribution in [3.05, 3.63) is 12.2 Å². The molecule has 0 aromatic rings. The van der Waals surface area contributed by atoms with E-state index in [9.17, 15) is 19.8 Å². The van der Waals surface area contributed by atoms with Crippen molar-refractivity contribution in [2.24, 2.45) is 0 Å². The molecular weight excluding hydrogens is 189 g/mol. The molecule has 0 aliphatic rings. The maximum atomic E-state index is 9.73. The molecule has 0 heterocycles. The molecule has 4 nitrogen and oxygen atoms in total.